The van der Waals surface area contributed by atoms with Gasteiger partial charge in [0.2, 0.25) is 0 Å². The van der Waals surface area contributed by atoms with Crippen molar-refractivity contribution in [2.75, 3.05) is 24.5 Å². The van der Waals surface area contributed by atoms with Gasteiger partial charge in [-0.3, -0.25) is 0 Å². The van der Waals surface area contributed by atoms with Gasteiger partial charge in [-0.05, 0) is 73.9 Å². The highest BCUT2D eigenvalue weighted by Gasteiger charge is 2.30. The first-order chi connectivity index (χ1) is 17.6. The third-order valence-electron chi connectivity index (χ3n) is 8.30. The summed E-state index contributed by atoms with van der Waals surface area (Å²) in [4.78, 5) is 16.6. The van der Waals surface area contributed by atoms with Gasteiger partial charge in [0.15, 0.2) is 0 Å². The lowest BCUT2D eigenvalue weighted by Crippen LogP contribution is -2.26. The summed E-state index contributed by atoms with van der Waals surface area (Å²) in [7, 11) is 0. The maximum atomic E-state index is 11.9. The van der Waals surface area contributed by atoms with Gasteiger partial charge in [-0.2, -0.15) is 0 Å². The summed E-state index contributed by atoms with van der Waals surface area (Å²) >= 11 is 6.56. The number of anilines is 1. The number of rotatable bonds is 4. The number of nitrogens with zero attached hydrogens (tertiary/aromatic N) is 3. The second-order valence-electron chi connectivity index (χ2n) is 10.5. The molecule has 3 heterocycles. The zero-order valence-corrected chi connectivity index (χ0v) is 21.5. The lowest BCUT2D eigenvalue weighted by Gasteiger charge is -2.27. The van der Waals surface area contributed by atoms with Crippen molar-refractivity contribution in [1.82, 2.24) is 9.47 Å². The van der Waals surface area contributed by atoms with E-state index in [1.54, 1.807) is 6.07 Å². The number of aromatic nitrogens is 1. The molecule has 1 saturated carbocycles. The standard InChI is InChI=1S/C30H34ClN3O2/c31-23-10-12-25-26(20-23)33(16-15-32-13-5-2-6-14-32)17-18-34-27-19-22(30(35)36)9-11-24(27)28(29(25)34)21-7-3-1-4-8-21/h9-12,15-16,19-21H,1-8,13-14,17-18H2,(H,35,36)/b16-15+. The monoisotopic (exact) mass is 503 g/mol. The zero-order valence-electron chi connectivity index (χ0n) is 20.8. The molecule has 3 aliphatic rings. The van der Waals surface area contributed by atoms with Crippen LogP contribution in [0.5, 0.6) is 0 Å². The summed E-state index contributed by atoms with van der Waals surface area (Å²) in [5, 5.41) is 11.7. The average Bonchev–Trinajstić information content (AvgIpc) is 3.14. The van der Waals surface area contributed by atoms with E-state index in [2.05, 4.69) is 38.9 Å². The van der Waals surface area contributed by atoms with E-state index in [9.17, 15) is 9.90 Å². The molecule has 6 heteroatoms. The Morgan fingerprint density at radius 1 is 0.889 bits per heavy atom. The molecular weight excluding hydrogens is 470 g/mol. The molecule has 2 aliphatic heterocycles. The topological polar surface area (TPSA) is 48.7 Å². The lowest BCUT2D eigenvalue weighted by atomic mass is 9.81. The SMILES string of the molecule is O=C(O)c1ccc2c(C3CCCCC3)c3n(c2c1)CCN(/C=C/N1CCCCC1)c1cc(Cl)ccc1-3. The van der Waals surface area contributed by atoms with Crippen LogP contribution in [0.2, 0.25) is 5.02 Å². The minimum Gasteiger partial charge on any atom is -0.478 e. The number of carboxylic acids is 1. The number of likely N-dealkylation sites (tertiary alicyclic amines) is 1. The number of hydrogen-bond acceptors (Lipinski definition) is 3. The summed E-state index contributed by atoms with van der Waals surface area (Å²) in [6.07, 6.45) is 14.5. The Labute approximate surface area is 217 Å². The van der Waals surface area contributed by atoms with Gasteiger partial charge in [-0.25, -0.2) is 4.79 Å². The van der Waals surface area contributed by atoms with E-state index in [0.29, 0.717) is 11.5 Å². The first-order valence-corrected chi connectivity index (χ1v) is 13.9. The number of carboxylic acid groups (broad SMARTS) is 1. The third kappa shape index (κ3) is 4.28. The predicted octanol–water partition coefficient (Wildman–Crippen LogP) is 7.48. The van der Waals surface area contributed by atoms with Crippen LogP contribution in [0.4, 0.5) is 5.69 Å². The van der Waals surface area contributed by atoms with E-state index in [1.165, 1.54) is 73.6 Å². The Balaban J connectivity index is 1.53. The van der Waals surface area contributed by atoms with Crippen LogP contribution in [-0.2, 0) is 6.54 Å². The Morgan fingerprint density at radius 2 is 1.67 bits per heavy atom. The Bertz CT molecular complexity index is 1320. The molecule has 0 bridgehead atoms. The Hall–Kier alpha value is -2.92. The van der Waals surface area contributed by atoms with Crippen molar-refractivity contribution < 1.29 is 9.90 Å². The quantitative estimate of drug-likeness (QED) is 0.400. The second-order valence-corrected chi connectivity index (χ2v) is 11.0. The van der Waals surface area contributed by atoms with Crippen molar-refractivity contribution in [3.63, 3.8) is 0 Å². The fourth-order valence-corrected chi connectivity index (χ4v) is 6.67. The molecule has 188 valence electrons. The van der Waals surface area contributed by atoms with E-state index in [1.807, 2.05) is 18.2 Å². The van der Waals surface area contributed by atoms with Crippen molar-refractivity contribution in [2.45, 2.75) is 63.8 Å². The normalized spacial score (nSPS) is 18.9. The van der Waals surface area contributed by atoms with Crippen molar-refractivity contribution >= 4 is 34.2 Å². The Morgan fingerprint density at radius 3 is 2.44 bits per heavy atom. The van der Waals surface area contributed by atoms with Gasteiger partial charge < -0.3 is 19.5 Å². The molecule has 0 radical (unpaired) electrons. The van der Waals surface area contributed by atoms with Gasteiger partial charge >= 0.3 is 5.97 Å². The molecule has 1 aliphatic carbocycles. The summed E-state index contributed by atoms with van der Waals surface area (Å²) < 4.78 is 2.38. The molecule has 1 N–H and O–H groups in total. The summed E-state index contributed by atoms with van der Waals surface area (Å²) in [6.45, 7) is 3.82. The van der Waals surface area contributed by atoms with Crippen LogP contribution in [0.3, 0.4) is 0 Å². The largest absolute Gasteiger partial charge is 0.478 e. The van der Waals surface area contributed by atoms with Gasteiger partial charge in [0, 0.05) is 60.1 Å². The van der Waals surface area contributed by atoms with Crippen LogP contribution in [0, 0.1) is 0 Å². The van der Waals surface area contributed by atoms with Gasteiger partial charge in [0.25, 0.3) is 0 Å². The summed E-state index contributed by atoms with van der Waals surface area (Å²) in [6, 6.07) is 12.0. The molecule has 1 aromatic heterocycles. The van der Waals surface area contributed by atoms with E-state index in [0.717, 1.165) is 42.4 Å². The smallest absolute Gasteiger partial charge is 0.335 e. The minimum absolute atomic E-state index is 0.348. The molecule has 36 heavy (non-hydrogen) atoms. The number of benzene rings is 2. The van der Waals surface area contributed by atoms with E-state index < -0.39 is 5.97 Å². The first kappa shape index (κ1) is 23.5. The summed E-state index contributed by atoms with van der Waals surface area (Å²) in [5.74, 6) is -0.384. The molecule has 0 atom stereocenters. The van der Waals surface area contributed by atoms with Crippen LogP contribution in [0.1, 0.15) is 73.2 Å². The highest BCUT2D eigenvalue weighted by atomic mass is 35.5. The van der Waals surface area contributed by atoms with Gasteiger partial charge in [0.1, 0.15) is 0 Å². The molecular formula is C30H34ClN3O2. The van der Waals surface area contributed by atoms with Crippen LogP contribution < -0.4 is 4.90 Å². The fraction of sp³-hybridized carbons (Fsp3) is 0.433. The van der Waals surface area contributed by atoms with Crippen LogP contribution >= 0.6 is 11.6 Å². The molecule has 2 fully saturated rings. The van der Waals surface area contributed by atoms with E-state index in [-0.39, 0.29) is 0 Å². The lowest BCUT2D eigenvalue weighted by molar-refractivity contribution is 0.0697. The van der Waals surface area contributed by atoms with Crippen molar-refractivity contribution in [2.24, 2.45) is 0 Å². The zero-order chi connectivity index (χ0) is 24.6. The average molecular weight is 504 g/mol. The molecule has 1 saturated heterocycles. The van der Waals surface area contributed by atoms with Gasteiger partial charge in [-0.15, -0.1) is 0 Å². The number of fused-ring (bicyclic) bond motifs is 5. The number of aromatic carboxylic acids is 1. The van der Waals surface area contributed by atoms with Crippen LogP contribution in [-0.4, -0.2) is 40.2 Å². The molecule has 3 aromatic rings. The number of halogens is 1. The van der Waals surface area contributed by atoms with Gasteiger partial charge in [-0.1, -0.05) is 36.9 Å². The van der Waals surface area contributed by atoms with Crippen molar-refractivity contribution in [1.29, 1.82) is 0 Å². The maximum absolute atomic E-state index is 11.9. The second kappa shape index (κ2) is 9.85. The maximum Gasteiger partial charge on any atom is 0.335 e. The molecule has 2 aromatic carbocycles. The summed E-state index contributed by atoms with van der Waals surface area (Å²) in [5.41, 5.74) is 6.35. The number of hydrogen-bond donors (Lipinski definition) is 1. The molecule has 0 spiro atoms. The van der Waals surface area contributed by atoms with E-state index >= 15 is 0 Å². The molecule has 5 nitrogen and oxygen atoms in total. The van der Waals surface area contributed by atoms with Crippen molar-refractivity contribution in [3.8, 4) is 11.3 Å². The van der Waals surface area contributed by atoms with Crippen LogP contribution in [0.15, 0.2) is 48.8 Å². The van der Waals surface area contributed by atoms with Crippen LogP contribution in [0.25, 0.3) is 22.2 Å². The predicted molar refractivity (Wildman–Crippen MR) is 147 cm³/mol. The number of carbonyl (C=O) groups is 1. The minimum atomic E-state index is -0.876. The van der Waals surface area contributed by atoms with E-state index in [4.69, 9.17) is 11.6 Å². The van der Waals surface area contributed by atoms with Gasteiger partial charge in [0.05, 0.1) is 16.9 Å². The van der Waals surface area contributed by atoms with Crippen molar-refractivity contribution in [3.05, 3.63) is 64.9 Å². The molecule has 0 amide bonds. The number of piperidine rings is 1. The molecule has 6 rings (SSSR count). The fourth-order valence-electron chi connectivity index (χ4n) is 6.50. The first-order valence-electron chi connectivity index (χ1n) is 13.5. The Kier molecular flexibility index (Phi) is 6.43. The molecule has 0 unspecified atom stereocenters. The highest BCUT2D eigenvalue weighted by Crippen LogP contribution is 2.48. The third-order valence-corrected chi connectivity index (χ3v) is 8.54. The highest BCUT2D eigenvalue weighted by molar-refractivity contribution is 6.31.